The Morgan fingerprint density at radius 3 is 2.37 bits per heavy atom. The quantitative estimate of drug-likeness (QED) is 0.864. The maximum absolute atomic E-state index is 11.7. The second kappa shape index (κ2) is 5.35. The van der Waals surface area contributed by atoms with Gasteiger partial charge in [0.2, 0.25) is 5.91 Å². The van der Waals surface area contributed by atoms with Gasteiger partial charge in [-0.2, -0.15) is 0 Å². The third kappa shape index (κ3) is 2.82. The highest BCUT2D eigenvalue weighted by molar-refractivity contribution is 5.93. The van der Waals surface area contributed by atoms with Crippen molar-refractivity contribution in [1.29, 1.82) is 0 Å². The summed E-state index contributed by atoms with van der Waals surface area (Å²) in [5, 5.41) is 1.06. The largest absolute Gasteiger partial charge is 0.323 e. The Bertz CT molecular complexity index is 596. The highest BCUT2D eigenvalue weighted by Crippen LogP contribution is 2.35. The predicted octanol–water partition coefficient (Wildman–Crippen LogP) is 3.77. The minimum atomic E-state index is -0.0944. The fraction of sp³-hybridized carbons (Fsp3) is 0.400. The van der Waals surface area contributed by atoms with Crippen molar-refractivity contribution in [2.75, 3.05) is 0 Å². The lowest BCUT2D eigenvalue weighted by Crippen LogP contribution is -2.26. The number of aromatic nitrogens is 1. The van der Waals surface area contributed by atoms with Gasteiger partial charge >= 0.3 is 0 Å². The van der Waals surface area contributed by atoms with Crippen LogP contribution in [0.5, 0.6) is 0 Å². The van der Waals surface area contributed by atoms with Crippen molar-refractivity contribution in [2.24, 2.45) is 11.1 Å². The first-order chi connectivity index (χ1) is 8.32. The number of para-hydroxylation sites is 1. The van der Waals surface area contributed by atoms with Crippen LogP contribution in [0.15, 0.2) is 30.5 Å². The minimum Gasteiger partial charge on any atom is -0.323 e. The van der Waals surface area contributed by atoms with E-state index in [2.05, 4.69) is 20.8 Å². The first-order valence-corrected chi connectivity index (χ1v) is 6.19. The van der Waals surface area contributed by atoms with Gasteiger partial charge in [-0.1, -0.05) is 39.0 Å². The van der Waals surface area contributed by atoms with Crippen LogP contribution in [-0.2, 0) is 0 Å². The van der Waals surface area contributed by atoms with Crippen molar-refractivity contribution in [1.82, 2.24) is 4.57 Å². The standard InChI is InChI=1S/C15H20N2O.ClH/c1-10(18)17-9-12(14(16)15(2,3)4)11-7-5-6-8-13(11)17;/h5-9,14H,16H2,1-4H3;1H/t14-;/m1./s1. The first kappa shape index (κ1) is 15.7. The van der Waals surface area contributed by atoms with Crippen molar-refractivity contribution in [3.05, 3.63) is 36.0 Å². The Balaban J connectivity index is 0.00000180. The number of hydrogen-bond donors (Lipinski definition) is 1. The van der Waals surface area contributed by atoms with Crippen LogP contribution in [0.25, 0.3) is 10.9 Å². The highest BCUT2D eigenvalue weighted by Gasteiger charge is 2.26. The second-order valence-electron chi connectivity index (χ2n) is 5.83. The Labute approximate surface area is 120 Å². The first-order valence-electron chi connectivity index (χ1n) is 6.19. The van der Waals surface area contributed by atoms with E-state index in [1.165, 1.54) is 0 Å². The van der Waals surface area contributed by atoms with Crippen LogP contribution in [-0.4, -0.2) is 10.5 Å². The zero-order valence-corrected chi connectivity index (χ0v) is 12.6. The van der Waals surface area contributed by atoms with Gasteiger partial charge < -0.3 is 5.73 Å². The van der Waals surface area contributed by atoms with E-state index >= 15 is 0 Å². The van der Waals surface area contributed by atoms with Crippen LogP contribution >= 0.6 is 12.4 Å². The maximum Gasteiger partial charge on any atom is 0.227 e. The van der Waals surface area contributed by atoms with Crippen LogP contribution < -0.4 is 5.73 Å². The van der Waals surface area contributed by atoms with Crippen LogP contribution in [0.2, 0.25) is 0 Å². The number of fused-ring (bicyclic) bond motifs is 1. The zero-order chi connectivity index (χ0) is 13.5. The molecular weight excluding hydrogens is 260 g/mol. The second-order valence-corrected chi connectivity index (χ2v) is 5.83. The van der Waals surface area contributed by atoms with Crippen molar-refractivity contribution in [3.63, 3.8) is 0 Å². The minimum absolute atomic E-state index is 0. The molecule has 4 heteroatoms. The number of carbonyl (C=O) groups excluding carboxylic acids is 1. The molecule has 0 bridgehead atoms. The summed E-state index contributed by atoms with van der Waals surface area (Å²) < 4.78 is 1.68. The highest BCUT2D eigenvalue weighted by atomic mass is 35.5. The van der Waals surface area contributed by atoms with E-state index in [1.54, 1.807) is 11.5 Å². The molecule has 0 saturated carbocycles. The van der Waals surface area contributed by atoms with Gasteiger partial charge in [0.15, 0.2) is 0 Å². The molecule has 1 aromatic carbocycles. The van der Waals surface area contributed by atoms with Crippen molar-refractivity contribution < 1.29 is 4.79 Å². The summed E-state index contributed by atoms with van der Waals surface area (Å²) in [7, 11) is 0. The van der Waals surface area contributed by atoms with E-state index in [1.807, 2.05) is 30.5 Å². The van der Waals surface area contributed by atoms with E-state index in [0.29, 0.717) is 0 Å². The van der Waals surface area contributed by atoms with Crippen LogP contribution in [0.1, 0.15) is 44.1 Å². The van der Waals surface area contributed by atoms with Crippen molar-refractivity contribution in [2.45, 2.75) is 33.7 Å². The van der Waals surface area contributed by atoms with E-state index in [4.69, 9.17) is 5.73 Å². The molecule has 1 heterocycles. The van der Waals surface area contributed by atoms with Gasteiger partial charge in [0.25, 0.3) is 0 Å². The molecule has 19 heavy (non-hydrogen) atoms. The normalized spacial score (nSPS) is 13.1. The average molecular weight is 281 g/mol. The van der Waals surface area contributed by atoms with Gasteiger partial charge in [-0.25, -0.2) is 0 Å². The molecule has 0 saturated heterocycles. The molecule has 0 fully saturated rings. The number of carbonyl (C=O) groups is 1. The van der Waals surface area contributed by atoms with E-state index in [9.17, 15) is 4.79 Å². The molecule has 3 nitrogen and oxygen atoms in total. The number of hydrogen-bond acceptors (Lipinski definition) is 2. The monoisotopic (exact) mass is 280 g/mol. The molecular formula is C15H21ClN2O. The molecule has 1 atom stereocenters. The molecule has 0 unspecified atom stereocenters. The zero-order valence-electron chi connectivity index (χ0n) is 11.8. The third-order valence-corrected chi connectivity index (χ3v) is 3.35. The predicted molar refractivity (Wildman–Crippen MR) is 81.9 cm³/mol. The van der Waals surface area contributed by atoms with Gasteiger partial charge in [0.1, 0.15) is 0 Å². The SMILES string of the molecule is CC(=O)n1cc([C@@H](N)C(C)(C)C)c2ccccc21.Cl. The molecule has 0 amide bonds. The Hall–Kier alpha value is -1.32. The molecule has 0 aliphatic heterocycles. The van der Waals surface area contributed by atoms with Gasteiger partial charge in [-0.05, 0) is 17.0 Å². The number of nitrogens with two attached hydrogens (primary N) is 1. The number of rotatable bonds is 1. The summed E-state index contributed by atoms with van der Waals surface area (Å²) in [5.74, 6) is 0.0126. The van der Waals surface area contributed by atoms with E-state index < -0.39 is 0 Å². The van der Waals surface area contributed by atoms with Gasteiger partial charge in [0, 0.05) is 24.5 Å². The topological polar surface area (TPSA) is 48.0 Å². The van der Waals surface area contributed by atoms with E-state index in [0.717, 1.165) is 16.5 Å². The Morgan fingerprint density at radius 1 is 1.26 bits per heavy atom. The third-order valence-electron chi connectivity index (χ3n) is 3.35. The van der Waals surface area contributed by atoms with Gasteiger partial charge in [-0.15, -0.1) is 12.4 Å². The number of halogens is 1. The summed E-state index contributed by atoms with van der Waals surface area (Å²) >= 11 is 0. The fourth-order valence-electron chi connectivity index (χ4n) is 2.18. The lowest BCUT2D eigenvalue weighted by molar-refractivity contribution is 0.0941. The molecule has 2 aromatic rings. The molecule has 2 rings (SSSR count). The molecule has 1 aromatic heterocycles. The van der Waals surface area contributed by atoms with Crippen molar-refractivity contribution >= 4 is 29.2 Å². The molecule has 2 N–H and O–H groups in total. The van der Waals surface area contributed by atoms with Crippen LogP contribution in [0.4, 0.5) is 0 Å². The number of nitrogens with zero attached hydrogens (tertiary/aromatic N) is 1. The summed E-state index contributed by atoms with van der Waals surface area (Å²) in [4.78, 5) is 11.7. The molecule has 0 aliphatic rings. The number of benzene rings is 1. The van der Waals surface area contributed by atoms with Crippen molar-refractivity contribution in [3.8, 4) is 0 Å². The Kier molecular flexibility index (Phi) is 4.43. The average Bonchev–Trinajstić information content (AvgIpc) is 2.66. The molecule has 104 valence electrons. The summed E-state index contributed by atoms with van der Waals surface area (Å²) in [6, 6.07) is 7.80. The summed E-state index contributed by atoms with van der Waals surface area (Å²) in [6.07, 6.45) is 1.88. The molecule has 0 radical (unpaired) electrons. The van der Waals surface area contributed by atoms with E-state index in [-0.39, 0.29) is 29.8 Å². The fourth-order valence-corrected chi connectivity index (χ4v) is 2.18. The Morgan fingerprint density at radius 2 is 1.84 bits per heavy atom. The van der Waals surface area contributed by atoms with Crippen LogP contribution in [0.3, 0.4) is 0 Å². The van der Waals surface area contributed by atoms with Gasteiger partial charge in [-0.3, -0.25) is 9.36 Å². The lowest BCUT2D eigenvalue weighted by Gasteiger charge is -2.26. The summed E-state index contributed by atoms with van der Waals surface area (Å²) in [5.41, 5.74) is 8.26. The molecule has 0 spiro atoms. The van der Waals surface area contributed by atoms with Gasteiger partial charge in [0.05, 0.1) is 5.52 Å². The molecule has 0 aliphatic carbocycles. The lowest BCUT2D eigenvalue weighted by atomic mass is 9.83. The van der Waals surface area contributed by atoms with Crippen LogP contribution in [0, 0.1) is 5.41 Å². The maximum atomic E-state index is 11.7. The summed E-state index contributed by atoms with van der Waals surface area (Å²) in [6.45, 7) is 7.89. The smallest absolute Gasteiger partial charge is 0.227 e.